The summed E-state index contributed by atoms with van der Waals surface area (Å²) in [6.45, 7) is 4.52. The van der Waals surface area contributed by atoms with Crippen molar-refractivity contribution in [2.45, 2.75) is 26.8 Å². The lowest BCUT2D eigenvalue weighted by molar-refractivity contribution is 0.636. The summed E-state index contributed by atoms with van der Waals surface area (Å²) >= 11 is 0. The summed E-state index contributed by atoms with van der Waals surface area (Å²) in [6, 6.07) is 15.5. The standard InChI is InChI=1S/C22H20N8/c1-3-17-5-4-6-18(25-17)12-30-13-21(28-29-30)20-10-19(26-22(24)27-20)16-8-14(2)7-15(9-16)11-23/h4-10,13H,3,12H2,1-2H3,(H2,24,26,27). The van der Waals surface area contributed by atoms with Crippen LogP contribution in [0, 0.1) is 18.3 Å². The number of benzene rings is 1. The van der Waals surface area contributed by atoms with Crippen LogP contribution >= 0.6 is 0 Å². The number of pyridine rings is 1. The van der Waals surface area contributed by atoms with E-state index in [1.54, 1.807) is 16.8 Å². The van der Waals surface area contributed by atoms with Crippen molar-refractivity contribution >= 4 is 5.95 Å². The third-order valence-corrected chi connectivity index (χ3v) is 4.60. The Kier molecular flexibility index (Phi) is 5.18. The molecule has 3 aromatic heterocycles. The topological polar surface area (TPSA) is 119 Å². The molecule has 30 heavy (non-hydrogen) atoms. The van der Waals surface area contributed by atoms with E-state index in [4.69, 9.17) is 5.73 Å². The molecular formula is C22H20N8. The van der Waals surface area contributed by atoms with Crippen molar-refractivity contribution in [2.24, 2.45) is 0 Å². The van der Waals surface area contributed by atoms with Crippen molar-refractivity contribution < 1.29 is 0 Å². The molecule has 3 heterocycles. The van der Waals surface area contributed by atoms with Crippen LogP contribution in [0.2, 0.25) is 0 Å². The van der Waals surface area contributed by atoms with E-state index >= 15 is 0 Å². The number of aryl methyl sites for hydroxylation is 2. The van der Waals surface area contributed by atoms with Gasteiger partial charge in [0.1, 0.15) is 5.69 Å². The van der Waals surface area contributed by atoms with Gasteiger partial charge in [0.25, 0.3) is 0 Å². The van der Waals surface area contributed by atoms with Gasteiger partial charge in [-0.2, -0.15) is 5.26 Å². The number of rotatable bonds is 5. The first-order valence-electron chi connectivity index (χ1n) is 9.56. The second kappa shape index (κ2) is 8.09. The Hall–Kier alpha value is -4.12. The van der Waals surface area contributed by atoms with Crippen LogP contribution in [0.1, 0.15) is 29.4 Å². The highest BCUT2D eigenvalue weighted by Crippen LogP contribution is 2.25. The first kappa shape index (κ1) is 19.2. The first-order chi connectivity index (χ1) is 14.5. The van der Waals surface area contributed by atoms with Crippen LogP contribution in [0.15, 0.2) is 48.7 Å². The quantitative estimate of drug-likeness (QED) is 0.550. The molecule has 0 saturated heterocycles. The van der Waals surface area contributed by atoms with E-state index in [2.05, 4.69) is 38.3 Å². The Morgan fingerprint density at radius 2 is 1.80 bits per heavy atom. The smallest absolute Gasteiger partial charge is 0.221 e. The zero-order chi connectivity index (χ0) is 21.1. The average molecular weight is 396 g/mol. The molecule has 0 aliphatic rings. The molecule has 4 aromatic rings. The Morgan fingerprint density at radius 3 is 2.60 bits per heavy atom. The van der Waals surface area contributed by atoms with Crippen molar-refractivity contribution in [1.82, 2.24) is 29.9 Å². The van der Waals surface area contributed by atoms with Gasteiger partial charge in [0.05, 0.1) is 41.5 Å². The molecule has 2 N–H and O–H groups in total. The molecule has 0 spiro atoms. The van der Waals surface area contributed by atoms with Crippen molar-refractivity contribution in [3.63, 3.8) is 0 Å². The third-order valence-electron chi connectivity index (χ3n) is 4.60. The molecule has 0 radical (unpaired) electrons. The maximum absolute atomic E-state index is 9.24. The van der Waals surface area contributed by atoms with Gasteiger partial charge in [-0.15, -0.1) is 5.10 Å². The number of aromatic nitrogens is 6. The number of nitrogen functional groups attached to an aromatic ring is 1. The van der Waals surface area contributed by atoms with Gasteiger partial charge < -0.3 is 5.73 Å². The lowest BCUT2D eigenvalue weighted by Gasteiger charge is -2.06. The minimum atomic E-state index is 0.134. The van der Waals surface area contributed by atoms with E-state index in [0.29, 0.717) is 29.2 Å². The van der Waals surface area contributed by atoms with E-state index in [9.17, 15) is 5.26 Å². The number of nitrogens with two attached hydrogens (primary N) is 1. The number of nitriles is 1. The molecule has 0 amide bonds. The van der Waals surface area contributed by atoms with E-state index in [1.165, 1.54) is 0 Å². The Bertz CT molecular complexity index is 1250. The minimum Gasteiger partial charge on any atom is -0.368 e. The highest BCUT2D eigenvalue weighted by Gasteiger charge is 2.12. The number of nitrogens with zero attached hydrogens (tertiary/aromatic N) is 7. The van der Waals surface area contributed by atoms with Gasteiger partial charge in [0.15, 0.2) is 0 Å². The summed E-state index contributed by atoms with van der Waals surface area (Å²) in [5.74, 6) is 0.134. The summed E-state index contributed by atoms with van der Waals surface area (Å²) in [4.78, 5) is 13.2. The minimum absolute atomic E-state index is 0.134. The first-order valence-corrected chi connectivity index (χ1v) is 9.56. The van der Waals surface area contributed by atoms with Crippen LogP contribution in [0.4, 0.5) is 5.95 Å². The Morgan fingerprint density at radius 1 is 1.00 bits per heavy atom. The van der Waals surface area contributed by atoms with Crippen LogP contribution in [-0.2, 0) is 13.0 Å². The molecule has 0 aliphatic heterocycles. The highest BCUT2D eigenvalue weighted by molar-refractivity contribution is 5.68. The van der Waals surface area contributed by atoms with Crippen LogP contribution < -0.4 is 5.73 Å². The molecule has 148 valence electrons. The zero-order valence-electron chi connectivity index (χ0n) is 16.7. The predicted octanol–water partition coefficient (Wildman–Crippen LogP) is 3.17. The summed E-state index contributed by atoms with van der Waals surface area (Å²) in [5.41, 5.74) is 12.0. The molecule has 8 nitrogen and oxygen atoms in total. The van der Waals surface area contributed by atoms with Crippen molar-refractivity contribution in [2.75, 3.05) is 5.73 Å². The van der Waals surface area contributed by atoms with Crippen molar-refractivity contribution in [3.8, 4) is 28.7 Å². The van der Waals surface area contributed by atoms with Crippen LogP contribution in [-0.4, -0.2) is 29.9 Å². The van der Waals surface area contributed by atoms with Crippen LogP contribution in [0.3, 0.4) is 0 Å². The van der Waals surface area contributed by atoms with E-state index in [0.717, 1.165) is 28.9 Å². The maximum atomic E-state index is 9.24. The summed E-state index contributed by atoms with van der Waals surface area (Å²) in [7, 11) is 0. The monoisotopic (exact) mass is 396 g/mol. The SMILES string of the molecule is CCc1cccc(Cn2cc(-c3cc(-c4cc(C)cc(C#N)c4)nc(N)n3)nn2)n1. The second-order valence-electron chi connectivity index (χ2n) is 6.97. The molecule has 8 heteroatoms. The highest BCUT2D eigenvalue weighted by atomic mass is 15.4. The van der Waals surface area contributed by atoms with E-state index in [1.807, 2.05) is 43.5 Å². The lowest BCUT2D eigenvalue weighted by atomic mass is 10.0. The summed E-state index contributed by atoms with van der Waals surface area (Å²) in [5, 5.41) is 17.7. The fourth-order valence-electron chi connectivity index (χ4n) is 3.21. The fraction of sp³-hybridized carbons (Fsp3) is 0.182. The lowest BCUT2D eigenvalue weighted by Crippen LogP contribution is -2.03. The molecule has 4 rings (SSSR count). The number of anilines is 1. The zero-order valence-corrected chi connectivity index (χ0v) is 16.7. The Labute approximate surface area is 174 Å². The molecular weight excluding hydrogens is 376 g/mol. The second-order valence-corrected chi connectivity index (χ2v) is 6.97. The van der Waals surface area contributed by atoms with Crippen molar-refractivity contribution in [3.05, 3.63) is 71.2 Å². The van der Waals surface area contributed by atoms with Crippen LogP contribution in [0.5, 0.6) is 0 Å². The maximum Gasteiger partial charge on any atom is 0.221 e. The molecule has 1 aromatic carbocycles. The van der Waals surface area contributed by atoms with Gasteiger partial charge in [-0.3, -0.25) is 4.98 Å². The summed E-state index contributed by atoms with van der Waals surface area (Å²) < 4.78 is 1.72. The van der Waals surface area contributed by atoms with Gasteiger partial charge in [-0.1, -0.05) is 18.2 Å². The fourth-order valence-corrected chi connectivity index (χ4v) is 3.21. The molecule has 0 saturated carbocycles. The molecule has 0 bridgehead atoms. The van der Waals surface area contributed by atoms with Crippen LogP contribution in [0.25, 0.3) is 22.6 Å². The third kappa shape index (κ3) is 4.15. The molecule has 0 unspecified atom stereocenters. The van der Waals surface area contributed by atoms with Gasteiger partial charge >= 0.3 is 0 Å². The summed E-state index contributed by atoms with van der Waals surface area (Å²) in [6.07, 6.45) is 2.69. The number of hydrogen-bond donors (Lipinski definition) is 1. The van der Waals surface area contributed by atoms with E-state index in [-0.39, 0.29) is 5.95 Å². The molecule has 0 aliphatic carbocycles. The molecule has 0 atom stereocenters. The molecule has 0 fully saturated rings. The average Bonchev–Trinajstić information content (AvgIpc) is 3.21. The van der Waals surface area contributed by atoms with Crippen molar-refractivity contribution in [1.29, 1.82) is 5.26 Å². The largest absolute Gasteiger partial charge is 0.368 e. The van der Waals surface area contributed by atoms with Gasteiger partial charge in [-0.25, -0.2) is 14.6 Å². The van der Waals surface area contributed by atoms with Gasteiger partial charge in [-0.05, 0) is 55.3 Å². The van der Waals surface area contributed by atoms with E-state index < -0.39 is 0 Å². The normalized spacial score (nSPS) is 10.7. The predicted molar refractivity (Wildman–Crippen MR) is 113 cm³/mol. The van der Waals surface area contributed by atoms with Gasteiger partial charge in [0.2, 0.25) is 5.95 Å². The Balaban J connectivity index is 1.65. The number of hydrogen-bond acceptors (Lipinski definition) is 7. The van der Waals surface area contributed by atoms with Gasteiger partial charge in [0, 0.05) is 11.3 Å².